The highest BCUT2D eigenvalue weighted by atomic mass is 32.2. The van der Waals surface area contributed by atoms with E-state index in [1.807, 2.05) is 25.1 Å². The van der Waals surface area contributed by atoms with Crippen LogP contribution in [0, 0.1) is 6.92 Å². The molecule has 0 bridgehead atoms. The minimum atomic E-state index is -3.62. The van der Waals surface area contributed by atoms with E-state index in [4.69, 9.17) is 10.5 Å². The molecule has 3 rings (SSSR count). The Morgan fingerprint density at radius 1 is 1.24 bits per heavy atom. The van der Waals surface area contributed by atoms with Crippen molar-refractivity contribution >= 4 is 15.7 Å². The number of pyridine rings is 1. The third-order valence-corrected chi connectivity index (χ3v) is 6.62. The Kier molecular flexibility index (Phi) is 7.64. The van der Waals surface area contributed by atoms with E-state index in [9.17, 15) is 18.0 Å². The number of hydrogen-bond donors (Lipinski definition) is 1. The molecule has 0 radical (unpaired) electrons. The fourth-order valence-electron chi connectivity index (χ4n) is 3.53. The van der Waals surface area contributed by atoms with Gasteiger partial charge in [0, 0.05) is 37.9 Å². The van der Waals surface area contributed by atoms with Crippen molar-refractivity contribution in [1.29, 1.82) is 0 Å². The Hall–Kier alpha value is -3.47. The van der Waals surface area contributed by atoms with Gasteiger partial charge in [-0.2, -0.15) is 5.10 Å². The summed E-state index contributed by atoms with van der Waals surface area (Å²) in [4.78, 5) is 27.8. The summed E-state index contributed by atoms with van der Waals surface area (Å²) in [6.07, 6.45) is 6.21. The van der Waals surface area contributed by atoms with Gasteiger partial charge in [0.2, 0.25) is 5.91 Å². The van der Waals surface area contributed by atoms with E-state index in [2.05, 4.69) is 10.1 Å². The van der Waals surface area contributed by atoms with E-state index in [0.717, 1.165) is 28.4 Å². The van der Waals surface area contributed by atoms with Crippen LogP contribution in [-0.2, 0) is 21.2 Å². The number of amides is 1. The number of hydrogen-bond acceptors (Lipinski definition) is 7. The van der Waals surface area contributed by atoms with E-state index in [0.29, 0.717) is 24.5 Å². The monoisotopic (exact) mass is 473 g/mol. The second-order valence-electron chi connectivity index (χ2n) is 7.79. The lowest BCUT2D eigenvalue weighted by Crippen LogP contribution is -2.30. The number of aryl methyl sites for hydroxylation is 2. The van der Waals surface area contributed by atoms with Gasteiger partial charge >= 0.3 is 0 Å². The van der Waals surface area contributed by atoms with Gasteiger partial charge < -0.3 is 10.5 Å². The molecule has 2 N–H and O–H groups in total. The van der Waals surface area contributed by atoms with Crippen LogP contribution in [0.15, 0.2) is 54.0 Å². The van der Waals surface area contributed by atoms with Crippen LogP contribution in [-0.4, -0.2) is 46.5 Å². The third kappa shape index (κ3) is 6.51. The zero-order valence-electron chi connectivity index (χ0n) is 18.5. The van der Waals surface area contributed by atoms with Crippen LogP contribution < -0.4 is 16.0 Å². The summed E-state index contributed by atoms with van der Waals surface area (Å²) in [5, 5.41) is 2.89. The number of aromatic nitrogens is 4. The van der Waals surface area contributed by atoms with Crippen LogP contribution in [0.25, 0.3) is 11.1 Å². The lowest BCUT2D eigenvalue weighted by Gasteiger charge is -2.18. The summed E-state index contributed by atoms with van der Waals surface area (Å²) in [7, 11) is -3.62. The van der Waals surface area contributed by atoms with Crippen molar-refractivity contribution in [3.8, 4) is 16.9 Å². The van der Waals surface area contributed by atoms with Gasteiger partial charge in [-0.15, -0.1) is 0 Å². The summed E-state index contributed by atoms with van der Waals surface area (Å²) >= 11 is 0. The van der Waals surface area contributed by atoms with Crippen LogP contribution >= 0.6 is 0 Å². The molecule has 10 nitrogen and oxygen atoms in total. The van der Waals surface area contributed by atoms with Gasteiger partial charge in [-0.05, 0) is 48.2 Å². The number of carbonyl (C=O) groups is 1. The molecule has 0 aliphatic heterocycles. The van der Waals surface area contributed by atoms with Crippen LogP contribution in [0.1, 0.15) is 30.2 Å². The van der Waals surface area contributed by atoms with Crippen LogP contribution in [0.4, 0.5) is 0 Å². The topological polar surface area (TPSA) is 139 Å². The Balaban J connectivity index is 1.73. The van der Waals surface area contributed by atoms with Gasteiger partial charge in [0.15, 0.2) is 9.84 Å². The maximum atomic E-state index is 12.7. The minimum Gasteiger partial charge on any atom is -0.494 e. The maximum absolute atomic E-state index is 12.7. The Morgan fingerprint density at radius 3 is 2.64 bits per heavy atom. The third-order valence-electron chi connectivity index (χ3n) is 5.17. The van der Waals surface area contributed by atoms with Crippen molar-refractivity contribution < 1.29 is 17.9 Å². The quantitative estimate of drug-likeness (QED) is 0.418. The standard InChI is InChI=1S/C22H27N5O5S/c1-16-12-18(32-11-3-9-26-15-24-14-25-26)4-5-19(16)17-8-10-27(21(29)13-17)22(33(2,30)31)7-6-20(23)28/h4-5,8,10,12-15,22H,3,6-7,9,11H2,1-2H3,(H2,23,28). The van der Waals surface area contributed by atoms with Gasteiger partial charge in [-0.3, -0.25) is 18.8 Å². The molecule has 1 unspecified atom stereocenters. The highest BCUT2D eigenvalue weighted by Crippen LogP contribution is 2.27. The molecule has 1 amide bonds. The molecule has 0 spiro atoms. The molecule has 3 aromatic rings. The predicted molar refractivity (Wildman–Crippen MR) is 123 cm³/mol. The molecule has 2 aromatic heterocycles. The molecule has 0 saturated heterocycles. The summed E-state index contributed by atoms with van der Waals surface area (Å²) in [6.45, 7) is 3.14. The maximum Gasteiger partial charge on any atom is 0.252 e. The van der Waals surface area contributed by atoms with Gasteiger partial charge in [0.05, 0.1) is 6.61 Å². The predicted octanol–water partition coefficient (Wildman–Crippen LogP) is 1.69. The van der Waals surface area contributed by atoms with Gasteiger partial charge in [-0.25, -0.2) is 13.4 Å². The zero-order valence-corrected chi connectivity index (χ0v) is 19.4. The molecule has 176 valence electrons. The second kappa shape index (κ2) is 10.4. The van der Waals surface area contributed by atoms with Crippen molar-refractivity contribution in [2.24, 2.45) is 5.73 Å². The summed E-state index contributed by atoms with van der Waals surface area (Å²) < 4.78 is 33.0. The fourth-order valence-corrected chi connectivity index (χ4v) is 4.67. The first-order valence-electron chi connectivity index (χ1n) is 10.4. The number of primary amides is 1. The summed E-state index contributed by atoms with van der Waals surface area (Å²) in [5.41, 5.74) is 7.09. The molecule has 11 heteroatoms. The number of benzene rings is 1. The minimum absolute atomic E-state index is 0.0601. The van der Waals surface area contributed by atoms with E-state index in [1.54, 1.807) is 17.1 Å². The summed E-state index contributed by atoms with van der Waals surface area (Å²) in [5.74, 6) is 0.0939. The smallest absolute Gasteiger partial charge is 0.252 e. The highest BCUT2D eigenvalue weighted by Gasteiger charge is 2.24. The first-order valence-corrected chi connectivity index (χ1v) is 12.4. The first-order chi connectivity index (χ1) is 15.6. The fraction of sp³-hybridized carbons (Fsp3) is 0.364. The van der Waals surface area contributed by atoms with Crippen molar-refractivity contribution in [2.45, 2.75) is 38.1 Å². The SMILES string of the molecule is Cc1cc(OCCCn2cncn2)ccc1-c1ccn(C(CCC(N)=O)S(C)(=O)=O)c(=O)c1. The van der Waals surface area contributed by atoms with Crippen LogP contribution in [0.2, 0.25) is 0 Å². The zero-order chi connectivity index (χ0) is 24.0. The Bertz CT molecular complexity index is 1270. The molecule has 33 heavy (non-hydrogen) atoms. The van der Waals surface area contributed by atoms with Gasteiger partial charge in [-0.1, -0.05) is 6.07 Å². The number of ether oxygens (including phenoxy) is 1. The molecule has 2 heterocycles. The average Bonchev–Trinajstić information content (AvgIpc) is 3.25. The average molecular weight is 474 g/mol. The molecule has 0 fully saturated rings. The highest BCUT2D eigenvalue weighted by molar-refractivity contribution is 7.90. The Labute approximate surface area is 191 Å². The Morgan fingerprint density at radius 2 is 2.03 bits per heavy atom. The number of nitrogens with two attached hydrogens (primary N) is 1. The first kappa shape index (κ1) is 24.2. The molecule has 0 saturated carbocycles. The molecule has 1 aromatic carbocycles. The van der Waals surface area contributed by atoms with Gasteiger partial charge in [0.1, 0.15) is 23.8 Å². The number of nitrogens with zero attached hydrogens (tertiary/aromatic N) is 4. The van der Waals surface area contributed by atoms with E-state index < -0.39 is 26.7 Å². The second-order valence-corrected chi connectivity index (χ2v) is 9.99. The molecular weight excluding hydrogens is 446 g/mol. The van der Waals surface area contributed by atoms with Crippen molar-refractivity contribution in [1.82, 2.24) is 19.3 Å². The van der Waals surface area contributed by atoms with Crippen LogP contribution in [0.3, 0.4) is 0 Å². The number of sulfone groups is 1. The number of carbonyl (C=O) groups excluding carboxylic acids is 1. The number of rotatable bonds is 11. The largest absolute Gasteiger partial charge is 0.494 e. The lowest BCUT2D eigenvalue weighted by molar-refractivity contribution is -0.118. The van der Waals surface area contributed by atoms with E-state index >= 15 is 0 Å². The summed E-state index contributed by atoms with van der Waals surface area (Å²) in [6, 6.07) is 8.66. The molecule has 0 aliphatic rings. The normalized spacial score (nSPS) is 12.4. The molecular formula is C22H27N5O5S. The van der Waals surface area contributed by atoms with Gasteiger partial charge in [0.25, 0.3) is 5.56 Å². The molecule has 0 aliphatic carbocycles. The van der Waals surface area contributed by atoms with Crippen molar-refractivity contribution in [3.05, 3.63) is 65.1 Å². The van der Waals surface area contributed by atoms with Crippen LogP contribution in [0.5, 0.6) is 5.75 Å². The van der Waals surface area contributed by atoms with Crippen molar-refractivity contribution in [3.63, 3.8) is 0 Å². The molecule has 1 atom stereocenters. The van der Waals surface area contributed by atoms with E-state index in [-0.39, 0.29) is 12.8 Å². The lowest BCUT2D eigenvalue weighted by atomic mass is 10.0. The van der Waals surface area contributed by atoms with E-state index in [1.165, 1.54) is 18.6 Å². The van der Waals surface area contributed by atoms with Crippen molar-refractivity contribution in [2.75, 3.05) is 12.9 Å².